The van der Waals surface area contributed by atoms with Crippen molar-refractivity contribution in [2.75, 3.05) is 14.2 Å². The van der Waals surface area contributed by atoms with E-state index in [0.29, 0.717) is 27.7 Å². The molecule has 0 bridgehead atoms. The summed E-state index contributed by atoms with van der Waals surface area (Å²) >= 11 is 0. The number of hydrogen-bond acceptors (Lipinski definition) is 4. The van der Waals surface area contributed by atoms with E-state index < -0.39 is 10.1 Å². The molecule has 0 saturated heterocycles. The molecule has 0 fully saturated rings. The Bertz CT molecular complexity index is 983. The van der Waals surface area contributed by atoms with Gasteiger partial charge in [-0.3, -0.25) is 4.55 Å². The third kappa shape index (κ3) is 2.93. The van der Waals surface area contributed by atoms with E-state index in [2.05, 4.69) is 0 Å². The van der Waals surface area contributed by atoms with Crippen LogP contribution in [0.3, 0.4) is 0 Å². The minimum atomic E-state index is -4.39. The Morgan fingerprint density at radius 1 is 0.826 bits per heavy atom. The first-order valence-corrected chi connectivity index (χ1v) is 7.96. The molecule has 0 aromatic heterocycles. The average molecular weight is 342 g/mol. The second-order valence-corrected chi connectivity index (χ2v) is 6.16. The van der Waals surface area contributed by atoms with Gasteiger partial charge in [0.1, 0.15) is 16.4 Å². The summed E-state index contributed by atoms with van der Waals surface area (Å²) in [6.07, 6.45) is 0. The van der Waals surface area contributed by atoms with E-state index in [4.69, 9.17) is 9.47 Å². The second-order valence-electron chi connectivity index (χ2n) is 4.77. The number of methoxy groups -OCH3 is 2. The Balaban J connectivity index is 0.00000192. The third-order valence-electron chi connectivity index (χ3n) is 3.60. The Morgan fingerprint density at radius 3 is 1.87 bits per heavy atom. The maximum atomic E-state index is 11.7. The van der Waals surface area contributed by atoms with Gasteiger partial charge in [0.25, 0.3) is 10.1 Å². The molecule has 0 atom stereocenters. The zero-order valence-corrected chi connectivity index (χ0v) is 12.8. The zero-order valence-electron chi connectivity index (χ0n) is 12.0. The number of hydrogen-bond donors (Lipinski definition) is 1. The molecule has 3 aromatic carbocycles. The van der Waals surface area contributed by atoms with E-state index in [1.165, 1.54) is 20.3 Å². The van der Waals surface area contributed by atoms with Crippen LogP contribution in [0.5, 0.6) is 11.5 Å². The van der Waals surface area contributed by atoms with Crippen molar-refractivity contribution in [1.82, 2.24) is 0 Å². The quantitative estimate of drug-likeness (QED) is 0.450. The van der Waals surface area contributed by atoms with Crippen LogP contribution in [0, 0.1) is 0 Å². The van der Waals surface area contributed by atoms with Gasteiger partial charge in [0.05, 0.1) is 14.2 Å². The predicted molar refractivity (Wildman–Crippen MR) is 91.5 cm³/mol. The fraction of sp³-hybridized carbons (Fsp3) is 0.125. The standard InChI is InChI=1S/C16H14O5S.Na.H/c1-20-15-10-6-3-4-7-11(10)16(21-2)14-12(15)8-5-9-13(14)22(17,18)19;;/h3-9H,1-2H3,(H,17,18,19);;. The Kier molecular flexibility index (Phi) is 5.23. The molecule has 0 saturated carbocycles. The fourth-order valence-electron chi connectivity index (χ4n) is 2.76. The summed E-state index contributed by atoms with van der Waals surface area (Å²) in [7, 11) is -1.40. The summed E-state index contributed by atoms with van der Waals surface area (Å²) in [6.45, 7) is 0. The molecule has 5 nitrogen and oxygen atoms in total. The van der Waals surface area contributed by atoms with Crippen LogP contribution in [-0.4, -0.2) is 56.7 Å². The van der Waals surface area contributed by atoms with Crippen molar-refractivity contribution in [2.24, 2.45) is 0 Å². The van der Waals surface area contributed by atoms with Crippen LogP contribution in [0.4, 0.5) is 0 Å². The van der Waals surface area contributed by atoms with E-state index in [1.807, 2.05) is 24.3 Å². The molecule has 0 heterocycles. The van der Waals surface area contributed by atoms with Gasteiger partial charge in [-0.1, -0.05) is 36.4 Å². The Hall–Kier alpha value is -1.31. The van der Waals surface area contributed by atoms with Gasteiger partial charge in [-0.25, -0.2) is 0 Å². The second kappa shape index (κ2) is 6.67. The van der Waals surface area contributed by atoms with Gasteiger partial charge in [0, 0.05) is 21.5 Å². The number of fused-ring (bicyclic) bond motifs is 2. The van der Waals surface area contributed by atoms with Crippen molar-refractivity contribution in [1.29, 1.82) is 0 Å². The molecule has 0 aliphatic rings. The van der Waals surface area contributed by atoms with Crippen molar-refractivity contribution in [3.05, 3.63) is 42.5 Å². The maximum absolute atomic E-state index is 11.7. The van der Waals surface area contributed by atoms with Crippen LogP contribution in [0.1, 0.15) is 0 Å². The Morgan fingerprint density at radius 2 is 1.35 bits per heavy atom. The molecule has 0 amide bonds. The molecule has 116 valence electrons. The van der Waals surface area contributed by atoms with Crippen LogP contribution in [0.2, 0.25) is 0 Å². The van der Waals surface area contributed by atoms with Gasteiger partial charge in [0.2, 0.25) is 0 Å². The fourth-order valence-corrected chi connectivity index (χ4v) is 3.47. The molecule has 23 heavy (non-hydrogen) atoms. The van der Waals surface area contributed by atoms with Gasteiger partial charge >= 0.3 is 29.6 Å². The molecule has 0 unspecified atom stereocenters. The van der Waals surface area contributed by atoms with E-state index in [9.17, 15) is 13.0 Å². The summed E-state index contributed by atoms with van der Waals surface area (Å²) in [5.74, 6) is 0.927. The summed E-state index contributed by atoms with van der Waals surface area (Å²) in [5, 5.41) is 2.39. The molecule has 7 heteroatoms. The monoisotopic (exact) mass is 342 g/mol. The number of benzene rings is 3. The Labute approximate surface area is 156 Å². The molecule has 0 spiro atoms. The molecule has 3 rings (SSSR count). The first kappa shape index (κ1) is 18.0. The van der Waals surface area contributed by atoms with Gasteiger partial charge in [0.15, 0.2) is 0 Å². The zero-order chi connectivity index (χ0) is 15.9. The van der Waals surface area contributed by atoms with Gasteiger partial charge in [-0.15, -0.1) is 0 Å². The predicted octanol–water partition coefficient (Wildman–Crippen LogP) is 2.61. The average Bonchev–Trinajstić information content (AvgIpc) is 2.50. The summed E-state index contributed by atoms with van der Waals surface area (Å²) < 4.78 is 43.9. The molecule has 1 N–H and O–H groups in total. The van der Waals surface area contributed by atoms with E-state index in [-0.39, 0.29) is 34.5 Å². The van der Waals surface area contributed by atoms with Crippen molar-refractivity contribution in [2.45, 2.75) is 4.90 Å². The summed E-state index contributed by atoms with van der Waals surface area (Å²) in [6, 6.07) is 12.0. The topological polar surface area (TPSA) is 72.8 Å². The normalized spacial score (nSPS) is 11.3. The first-order chi connectivity index (χ1) is 10.5. The van der Waals surface area contributed by atoms with Crippen LogP contribution in [0.15, 0.2) is 47.4 Å². The van der Waals surface area contributed by atoms with Crippen LogP contribution in [0.25, 0.3) is 21.5 Å². The summed E-state index contributed by atoms with van der Waals surface area (Å²) in [5.41, 5.74) is 0. The van der Waals surface area contributed by atoms with Crippen molar-refractivity contribution in [3.8, 4) is 11.5 Å². The van der Waals surface area contributed by atoms with Crippen LogP contribution >= 0.6 is 0 Å². The van der Waals surface area contributed by atoms with E-state index in [1.54, 1.807) is 12.1 Å². The minimum absolute atomic E-state index is 0. The van der Waals surface area contributed by atoms with Crippen LogP contribution < -0.4 is 9.47 Å². The number of rotatable bonds is 3. The molecule has 3 aromatic rings. The first-order valence-electron chi connectivity index (χ1n) is 6.52. The number of ether oxygens (including phenoxy) is 2. The third-order valence-corrected chi connectivity index (χ3v) is 4.50. The van der Waals surface area contributed by atoms with Crippen molar-refractivity contribution in [3.63, 3.8) is 0 Å². The van der Waals surface area contributed by atoms with Gasteiger partial charge < -0.3 is 9.47 Å². The van der Waals surface area contributed by atoms with Crippen LogP contribution in [-0.2, 0) is 10.1 Å². The molecule has 0 radical (unpaired) electrons. The molecule has 0 aliphatic heterocycles. The van der Waals surface area contributed by atoms with Crippen molar-refractivity contribution < 1.29 is 22.4 Å². The van der Waals surface area contributed by atoms with Gasteiger partial charge in [-0.05, 0) is 6.07 Å². The SMILES string of the molecule is COc1c2ccccc2c(OC)c2c(S(=O)(=O)O)cccc12.[NaH]. The molecular formula is C16H15NaO5S. The van der Waals surface area contributed by atoms with E-state index >= 15 is 0 Å². The van der Waals surface area contributed by atoms with Crippen molar-refractivity contribution >= 4 is 61.2 Å². The molecular weight excluding hydrogens is 327 g/mol. The molecule has 0 aliphatic carbocycles. The van der Waals surface area contributed by atoms with Gasteiger partial charge in [-0.2, -0.15) is 8.42 Å². The van der Waals surface area contributed by atoms with E-state index in [0.717, 1.165) is 5.39 Å². The summed E-state index contributed by atoms with van der Waals surface area (Å²) in [4.78, 5) is -0.203.